The first-order valence-corrected chi connectivity index (χ1v) is 30.0. The van der Waals surface area contributed by atoms with Crippen molar-refractivity contribution in [2.45, 2.75) is 146 Å². The maximum Gasteiger partial charge on any atom is 0.396 e. The first-order valence-electron chi connectivity index (χ1n) is 28.4. The summed E-state index contributed by atoms with van der Waals surface area (Å²) in [7, 11) is -3.48. The molecule has 4 aliphatic heterocycles. The van der Waals surface area contributed by atoms with Crippen LogP contribution in [0.15, 0.2) is 47.3 Å². The highest BCUT2D eigenvalue weighted by Gasteiger charge is 2.47. The number of aromatic nitrogens is 3. The summed E-state index contributed by atoms with van der Waals surface area (Å²) in [5.74, 6) is 1.49. The normalized spacial score (nSPS) is 21.7. The zero-order chi connectivity index (χ0) is 59.4. The molecule has 0 spiro atoms. The molecular formula is C57H70N11O14P. The number of nitrogens with two attached hydrogens (primary N) is 1. The number of carbonyl (C=O) groups is 10. The molecule has 4 saturated heterocycles. The van der Waals surface area contributed by atoms with Crippen molar-refractivity contribution in [3.63, 3.8) is 0 Å². The smallest absolute Gasteiger partial charge is 0.370 e. The molecule has 9 N–H and O–H groups in total. The lowest BCUT2D eigenvalue weighted by molar-refractivity contribution is -0.145. The Balaban J connectivity index is 0.849. The number of rotatable bonds is 16. The van der Waals surface area contributed by atoms with E-state index in [-0.39, 0.29) is 97.1 Å². The maximum atomic E-state index is 14.7. The number of imidazole rings is 1. The summed E-state index contributed by atoms with van der Waals surface area (Å²) in [5.41, 5.74) is 5.56. The summed E-state index contributed by atoms with van der Waals surface area (Å²) in [6.07, 6.45) is 7.44. The van der Waals surface area contributed by atoms with Crippen LogP contribution in [0, 0.1) is 23.7 Å². The first-order chi connectivity index (χ1) is 39.6. The summed E-state index contributed by atoms with van der Waals surface area (Å²) in [6, 6.07) is 4.35. The minimum absolute atomic E-state index is 0.0702. The van der Waals surface area contributed by atoms with Crippen molar-refractivity contribution in [3.8, 4) is 11.8 Å². The number of aryl methyl sites for hydroxylation is 1. The van der Waals surface area contributed by atoms with Crippen molar-refractivity contribution in [2.75, 3.05) is 26.2 Å². The van der Waals surface area contributed by atoms with Gasteiger partial charge in [-0.15, -0.1) is 0 Å². The van der Waals surface area contributed by atoms with Gasteiger partial charge in [-0.05, 0) is 112 Å². The number of amides is 9. The Morgan fingerprint density at radius 1 is 0.867 bits per heavy atom. The van der Waals surface area contributed by atoms with Gasteiger partial charge in [0.1, 0.15) is 35.9 Å². The quantitative estimate of drug-likeness (QED) is 0.0450. The number of piperidine rings is 2. The van der Waals surface area contributed by atoms with Crippen molar-refractivity contribution in [1.82, 2.24) is 50.1 Å². The molecule has 1 aliphatic carbocycles. The van der Waals surface area contributed by atoms with Crippen molar-refractivity contribution in [2.24, 2.45) is 24.6 Å². The van der Waals surface area contributed by atoms with Gasteiger partial charge in [-0.25, -0.2) is 4.79 Å². The summed E-state index contributed by atoms with van der Waals surface area (Å²) in [4.78, 5) is 174. The molecule has 25 nitrogen and oxygen atoms in total. The molecule has 2 aromatic heterocycles. The molecule has 2 aromatic carbocycles. The van der Waals surface area contributed by atoms with Crippen LogP contribution in [-0.4, -0.2) is 154 Å². The summed E-state index contributed by atoms with van der Waals surface area (Å²) in [6.45, 7) is 2.16. The van der Waals surface area contributed by atoms with Crippen LogP contribution < -0.4 is 32.7 Å². The van der Waals surface area contributed by atoms with Crippen LogP contribution in [0.25, 0.3) is 21.9 Å². The predicted molar refractivity (Wildman–Crippen MR) is 299 cm³/mol. The predicted octanol–water partition coefficient (Wildman–Crippen LogP) is 1.71. The van der Waals surface area contributed by atoms with E-state index in [1.807, 2.05) is 6.07 Å². The summed E-state index contributed by atoms with van der Waals surface area (Å²) in [5, 5.41) is 11.1. The number of nitrogens with zero attached hydrogens (tertiary/aromatic N) is 5. The molecule has 0 bridgehead atoms. The molecule has 4 aromatic rings. The number of H-pyrrole nitrogens is 1. The number of fused-ring (bicyclic) bond motifs is 3. The van der Waals surface area contributed by atoms with Crippen LogP contribution in [0.2, 0.25) is 0 Å². The average molecular weight is 1160 g/mol. The van der Waals surface area contributed by atoms with Crippen LogP contribution >= 0.6 is 7.60 Å². The van der Waals surface area contributed by atoms with Gasteiger partial charge in [-0.2, -0.15) is 0 Å². The largest absolute Gasteiger partial charge is 0.396 e. The average Bonchev–Trinajstić information content (AvgIpc) is 4.07. The van der Waals surface area contributed by atoms with Crippen molar-refractivity contribution < 1.29 is 62.3 Å². The minimum atomic E-state index is -5.10. The fourth-order valence-electron chi connectivity index (χ4n) is 12.6. The van der Waals surface area contributed by atoms with E-state index in [1.54, 1.807) is 24.1 Å². The molecule has 9 rings (SSSR count). The Labute approximate surface area is 477 Å². The van der Waals surface area contributed by atoms with Gasteiger partial charge in [0.05, 0.1) is 16.6 Å². The van der Waals surface area contributed by atoms with Crippen molar-refractivity contribution >= 4 is 88.2 Å². The molecule has 0 radical (unpaired) electrons. The summed E-state index contributed by atoms with van der Waals surface area (Å²) < 4.78 is 14.5. The summed E-state index contributed by atoms with van der Waals surface area (Å²) >= 11 is 0. The van der Waals surface area contributed by atoms with Crippen LogP contribution in [-0.2, 0) is 50.0 Å². The van der Waals surface area contributed by atoms with E-state index < -0.39 is 84.8 Å². The third kappa shape index (κ3) is 13.3. The van der Waals surface area contributed by atoms with Gasteiger partial charge in [-0.1, -0.05) is 37.2 Å². The molecule has 1 unspecified atom stereocenters. The number of hydrogen-bond donors (Lipinski definition) is 8. The monoisotopic (exact) mass is 1160 g/mol. The van der Waals surface area contributed by atoms with Gasteiger partial charge in [0.25, 0.3) is 11.4 Å². The molecule has 6 atom stereocenters. The Bertz CT molecular complexity index is 3450. The van der Waals surface area contributed by atoms with E-state index >= 15 is 0 Å². The lowest BCUT2D eigenvalue weighted by Crippen LogP contribution is -2.62. The molecule has 1 saturated carbocycles. The lowest BCUT2D eigenvalue weighted by Gasteiger charge is -2.39. The second kappa shape index (κ2) is 25.3. The Hall–Kier alpha value is -7.94. The van der Waals surface area contributed by atoms with E-state index in [4.69, 9.17) is 5.73 Å². The highest BCUT2D eigenvalue weighted by atomic mass is 31.2. The number of likely N-dealkylation sites (tertiary alicyclic amines) is 1. The number of carbonyl (C=O) groups excluding carboxylic acids is 10. The molecule has 9 amide bonds. The van der Waals surface area contributed by atoms with Gasteiger partial charge in [0, 0.05) is 81.9 Å². The van der Waals surface area contributed by atoms with E-state index in [0.717, 1.165) is 25.7 Å². The number of primary amides is 1. The van der Waals surface area contributed by atoms with Gasteiger partial charge >= 0.3 is 13.3 Å². The molecule has 6 heterocycles. The highest BCUT2D eigenvalue weighted by Crippen LogP contribution is 2.40. The van der Waals surface area contributed by atoms with E-state index in [0.29, 0.717) is 80.1 Å². The second-order valence-electron chi connectivity index (χ2n) is 22.5. The van der Waals surface area contributed by atoms with Gasteiger partial charge in [0.15, 0.2) is 0 Å². The zero-order valence-corrected chi connectivity index (χ0v) is 47.3. The van der Waals surface area contributed by atoms with E-state index in [1.165, 1.54) is 50.1 Å². The second-order valence-corrected chi connectivity index (χ2v) is 24.0. The topological polar surface area (TPSA) is 355 Å². The molecule has 442 valence electrons. The van der Waals surface area contributed by atoms with Crippen molar-refractivity contribution in [3.05, 3.63) is 69.8 Å². The third-order valence-corrected chi connectivity index (χ3v) is 17.9. The third-order valence-electron chi connectivity index (χ3n) is 17.1. The lowest BCUT2D eigenvalue weighted by atomic mass is 9.82. The number of para-hydroxylation sites is 1. The standard InChI is InChI=1S/C57H70N11O14P/c1-32(69)66-28-25-38-16-19-44(67(38)54(76)42(31-66)61-51(73)41-30-37-29-36(15-17-39(37)59-41)56(78)83(80,81)82)52(74)60-40(18-21-46(58)70)50(72)63-48(34-10-4-3-5-11-34)55(77)65-26-23-33(24-27-65)9-6-7-12-35-13-8-14-43-49(35)64(2)57(79)68(43)45-20-22-47(71)62-53(45)75/h8,13-15,17,29-30,33-34,38,40,42,44-45,48,59H,3-6,9-11,16,18-28,31H2,1-2H3,(H2,58,70)(H,60,74)(H,61,73)(H,63,72)(H,62,71,75)(H2,80,81,82)/t38-,40+,42+,44+,45?,48+/m1/s1. The van der Waals surface area contributed by atoms with E-state index in [2.05, 4.69) is 38.1 Å². The SMILES string of the molecule is CC(=O)N1CC[C@H]2CC[C@@H](C(=O)N[C@@H](CCC(N)=O)C(=O)N[C@H](C(=O)N3CCC(CCC#Cc4cccc5c4n(C)c(=O)n5C4CCC(=O)NC4=O)CC3)C3CCCCC3)N2C(=O)[C@@H](NC(=O)c2cc3cc(C(=O)P(=O)(O)O)ccc3[nH]2)C1. The molecule has 5 aliphatic rings. The molecule has 5 fully saturated rings. The van der Waals surface area contributed by atoms with Crippen LogP contribution in [0.3, 0.4) is 0 Å². The maximum absolute atomic E-state index is 14.7. The van der Waals surface area contributed by atoms with Crippen LogP contribution in [0.4, 0.5) is 0 Å². The Kier molecular flexibility index (Phi) is 18.2. The van der Waals surface area contributed by atoms with Gasteiger partial charge in [0.2, 0.25) is 47.3 Å². The van der Waals surface area contributed by atoms with E-state index in [9.17, 15) is 67.1 Å². The zero-order valence-electron chi connectivity index (χ0n) is 46.4. The van der Waals surface area contributed by atoms with Gasteiger partial charge < -0.3 is 51.2 Å². The number of hydrogen-bond acceptors (Lipinski definition) is 12. The number of benzene rings is 2. The molecule has 26 heteroatoms. The fraction of sp³-hybridized carbons (Fsp3) is 0.526. The minimum Gasteiger partial charge on any atom is -0.370 e. The van der Waals surface area contributed by atoms with Crippen LogP contribution in [0.1, 0.15) is 142 Å². The number of imide groups is 1. The van der Waals surface area contributed by atoms with Gasteiger partial charge in [-0.3, -0.25) is 67.0 Å². The highest BCUT2D eigenvalue weighted by molar-refractivity contribution is 7.70. The number of nitrogens with one attached hydrogen (secondary N) is 5. The molecular weight excluding hydrogens is 1090 g/mol. The Morgan fingerprint density at radius 2 is 1.60 bits per heavy atom. The van der Waals surface area contributed by atoms with Crippen molar-refractivity contribution in [1.29, 1.82) is 0 Å². The number of aromatic amines is 1. The molecule has 83 heavy (non-hydrogen) atoms. The fourth-order valence-corrected chi connectivity index (χ4v) is 13.1. The Morgan fingerprint density at radius 3 is 2.30 bits per heavy atom. The first kappa shape index (κ1) is 59.7. The van der Waals surface area contributed by atoms with Crippen LogP contribution in [0.5, 0.6) is 0 Å².